The van der Waals surface area contributed by atoms with Gasteiger partial charge in [-0.25, -0.2) is 0 Å². The summed E-state index contributed by atoms with van der Waals surface area (Å²) in [6.07, 6.45) is 7.31. The maximum atomic E-state index is 6.26. The first-order valence-corrected chi connectivity index (χ1v) is 7.24. The van der Waals surface area contributed by atoms with Crippen molar-refractivity contribution in [2.24, 2.45) is 5.73 Å². The average molecular weight is 268 g/mol. The highest BCUT2D eigenvalue weighted by Gasteiger charge is 2.17. The molecule has 0 bridgehead atoms. The van der Waals surface area contributed by atoms with Gasteiger partial charge >= 0.3 is 0 Å². The van der Waals surface area contributed by atoms with E-state index in [0.29, 0.717) is 6.10 Å². The molecule has 100 valence electrons. The molecule has 18 heavy (non-hydrogen) atoms. The zero-order chi connectivity index (χ0) is 13.0. The maximum absolute atomic E-state index is 6.26. The molecule has 0 radical (unpaired) electrons. The van der Waals surface area contributed by atoms with Gasteiger partial charge in [-0.1, -0.05) is 24.1 Å². The van der Waals surface area contributed by atoms with Gasteiger partial charge in [0.1, 0.15) is 5.75 Å². The van der Waals surface area contributed by atoms with Crippen molar-refractivity contribution in [2.45, 2.75) is 57.6 Å². The number of nitrogens with two attached hydrogens (primary N) is 1. The van der Waals surface area contributed by atoms with E-state index in [1.165, 1.54) is 19.3 Å². The van der Waals surface area contributed by atoms with E-state index in [9.17, 15) is 0 Å². The maximum Gasteiger partial charge on any atom is 0.124 e. The van der Waals surface area contributed by atoms with Crippen molar-refractivity contribution < 1.29 is 4.74 Å². The Morgan fingerprint density at radius 2 is 2.06 bits per heavy atom. The molecule has 1 atom stereocenters. The first kappa shape index (κ1) is 13.7. The van der Waals surface area contributed by atoms with Crippen molar-refractivity contribution in [1.29, 1.82) is 0 Å². The van der Waals surface area contributed by atoms with E-state index in [-0.39, 0.29) is 6.04 Å². The standard InChI is InChI=1S/C15H22ClNO/c1-11(17)10-13-14(16)8-5-9-15(13)18-12-6-3-2-4-7-12/h5,8-9,11-12H,2-4,6-7,10,17H2,1H3. The molecule has 1 aromatic rings. The molecule has 1 fully saturated rings. The zero-order valence-electron chi connectivity index (χ0n) is 11.0. The highest BCUT2D eigenvalue weighted by atomic mass is 35.5. The number of rotatable bonds is 4. The topological polar surface area (TPSA) is 35.2 Å². The summed E-state index contributed by atoms with van der Waals surface area (Å²) in [7, 11) is 0. The van der Waals surface area contributed by atoms with Crippen molar-refractivity contribution in [3.63, 3.8) is 0 Å². The van der Waals surface area contributed by atoms with Crippen molar-refractivity contribution in [1.82, 2.24) is 0 Å². The highest BCUT2D eigenvalue weighted by Crippen LogP contribution is 2.31. The molecule has 1 aromatic carbocycles. The lowest BCUT2D eigenvalue weighted by Gasteiger charge is -2.25. The van der Waals surface area contributed by atoms with E-state index >= 15 is 0 Å². The molecule has 0 heterocycles. The fraction of sp³-hybridized carbons (Fsp3) is 0.600. The van der Waals surface area contributed by atoms with E-state index in [1.54, 1.807) is 0 Å². The Kier molecular flexibility index (Phi) is 4.90. The van der Waals surface area contributed by atoms with Crippen LogP contribution in [0, 0.1) is 0 Å². The second-order valence-corrected chi connectivity index (χ2v) is 5.68. The number of halogens is 1. The normalized spacial score (nSPS) is 18.6. The van der Waals surface area contributed by atoms with E-state index < -0.39 is 0 Å². The highest BCUT2D eigenvalue weighted by molar-refractivity contribution is 6.31. The van der Waals surface area contributed by atoms with Crippen LogP contribution in [0.1, 0.15) is 44.6 Å². The molecule has 2 nitrogen and oxygen atoms in total. The molecule has 0 aliphatic heterocycles. The second kappa shape index (κ2) is 6.44. The molecule has 2 N–H and O–H groups in total. The summed E-state index contributed by atoms with van der Waals surface area (Å²) in [6.45, 7) is 1.99. The monoisotopic (exact) mass is 267 g/mol. The minimum atomic E-state index is 0.0959. The van der Waals surface area contributed by atoms with Crippen LogP contribution in [0.25, 0.3) is 0 Å². The van der Waals surface area contributed by atoms with Gasteiger partial charge in [-0.05, 0) is 51.2 Å². The summed E-state index contributed by atoms with van der Waals surface area (Å²) in [4.78, 5) is 0. The molecule has 1 aliphatic carbocycles. The third-order valence-electron chi connectivity index (χ3n) is 3.45. The Morgan fingerprint density at radius 3 is 2.72 bits per heavy atom. The lowest BCUT2D eigenvalue weighted by atomic mass is 9.97. The predicted octanol–water partition coefficient (Wildman–Crippen LogP) is 3.94. The van der Waals surface area contributed by atoms with Gasteiger partial charge in [-0.2, -0.15) is 0 Å². The minimum Gasteiger partial charge on any atom is -0.490 e. The zero-order valence-corrected chi connectivity index (χ0v) is 11.7. The van der Waals surface area contributed by atoms with Crippen LogP contribution >= 0.6 is 11.6 Å². The van der Waals surface area contributed by atoms with Crippen molar-refractivity contribution >= 4 is 11.6 Å². The van der Waals surface area contributed by atoms with Gasteiger partial charge in [-0.15, -0.1) is 0 Å². The van der Waals surface area contributed by atoms with Crippen LogP contribution in [0.3, 0.4) is 0 Å². The van der Waals surface area contributed by atoms with Crippen LogP contribution in [0.5, 0.6) is 5.75 Å². The second-order valence-electron chi connectivity index (χ2n) is 5.28. The Balaban J connectivity index is 2.12. The van der Waals surface area contributed by atoms with Gasteiger partial charge in [0, 0.05) is 16.6 Å². The van der Waals surface area contributed by atoms with Gasteiger partial charge in [0.15, 0.2) is 0 Å². The minimum absolute atomic E-state index is 0.0959. The SMILES string of the molecule is CC(N)Cc1c(Cl)cccc1OC1CCCCC1. The van der Waals surface area contributed by atoms with E-state index in [4.69, 9.17) is 22.1 Å². The first-order chi connectivity index (χ1) is 8.66. The molecule has 3 heteroatoms. The number of hydrogen-bond acceptors (Lipinski definition) is 2. The third kappa shape index (κ3) is 3.63. The van der Waals surface area contributed by atoms with E-state index in [0.717, 1.165) is 35.6 Å². The number of ether oxygens (including phenoxy) is 1. The van der Waals surface area contributed by atoms with Gasteiger partial charge in [0.2, 0.25) is 0 Å². The van der Waals surface area contributed by atoms with Crippen LogP contribution in [0.15, 0.2) is 18.2 Å². The summed E-state index contributed by atoms with van der Waals surface area (Å²) >= 11 is 6.26. The molecular weight excluding hydrogens is 246 g/mol. The number of hydrogen-bond donors (Lipinski definition) is 1. The number of benzene rings is 1. The van der Waals surface area contributed by atoms with Crippen LogP contribution < -0.4 is 10.5 Å². The van der Waals surface area contributed by atoms with Crippen LogP contribution in [0.4, 0.5) is 0 Å². The molecular formula is C15H22ClNO. The van der Waals surface area contributed by atoms with Crippen molar-refractivity contribution in [3.05, 3.63) is 28.8 Å². The molecule has 0 spiro atoms. The summed E-state index contributed by atoms with van der Waals surface area (Å²) < 4.78 is 6.13. The smallest absolute Gasteiger partial charge is 0.124 e. The molecule has 1 saturated carbocycles. The summed E-state index contributed by atoms with van der Waals surface area (Å²) in [6, 6.07) is 5.97. The van der Waals surface area contributed by atoms with Crippen molar-refractivity contribution in [3.8, 4) is 5.75 Å². The van der Waals surface area contributed by atoms with Gasteiger partial charge in [-0.3, -0.25) is 0 Å². The van der Waals surface area contributed by atoms with Crippen LogP contribution in [0.2, 0.25) is 5.02 Å². The van der Waals surface area contributed by atoms with Gasteiger partial charge in [0.25, 0.3) is 0 Å². The Labute approximate surface area is 114 Å². The Hall–Kier alpha value is -0.730. The molecule has 0 saturated heterocycles. The fourth-order valence-corrected chi connectivity index (χ4v) is 2.77. The molecule has 1 unspecified atom stereocenters. The van der Waals surface area contributed by atoms with Gasteiger partial charge < -0.3 is 10.5 Å². The Morgan fingerprint density at radius 1 is 1.33 bits per heavy atom. The molecule has 2 rings (SSSR count). The van der Waals surface area contributed by atoms with E-state index in [1.807, 2.05) is 25.1 Å². The predicted molar refractivity (Wildman–Crippen MR) is 76.3 cm³/mol. The first-order valence-electron chi connectivity index (χ1n) is 6.86. The Bertz CT molecular complexity index is 386. The summed E-state index contributed by atoms with van der Waals surface area (Å²) in [5, 5.41) is 0.764. The summed E-state index contributed by atoms with van der Waals surface area (Å²) in [5.74, 6) is 0.923. The van der Waals surface area contributed by atoms with Crippen LogP contribution in [-0.4, -0.2) is 12.1 Å². The van der Waals surface area contributed by atoms with Gasteiger partial charge in [0.05, 0.1) is 6.10 Å². The summed E-state index contributed by atoms with van der Waals surface area (Å²) in [5.41, 5.74) is 6.94. The van der Waals surface area contributed by atoms with Crippen molar-refractivity contribution in [2.75, 3.05) is 0 Å². The molecule has 1 aliphatic rings. The fourth-order valence-electron chi connectivity index (χ4n) is 2.53. The molecule has 0 aromatic heterocycles. The van der Waals surface area contributed by atoms with E-state index in [2.05, 4.69) is 0 Å². The average Bonchev–Trinajstić information content (AvgIpc) is 2.34. The largest absolute Gasteiger partial charge is 0.490 e. The lowest BCUT2D eigenvalue weighted by Crippen LogP contribution is -2.22. The third-order valence-corrected chi connectivity index (χ3v) is 3.80. The quantitative estimate of drug-likeness (QED) is 0.897. The lowest BCUT2D eigenvalue weighted by molar-refractivity contribution is 0.153. The van der Waals surface area contributed by atoms with Crippen LogP contribution in [-0.2, 0) is 6.42 Å². The molecule has 0 amide bonds.